The van der Waals surface area contributed by atoms with E-state index in [0.29, 0.717) is 48.2 Å². The van der Waals surface area contributed by atoms with Gasteiger partial charge in [-0.1, -0.05) is 29.3 Å². The standard InChI is InChI=1S/C22H23ClN2O4S/c1-15-3-5-18(6-4-15)30(27,28)25-9-7-24(8-10-25)14-17-12-22(26)29-21-11-16(2)20(23)13-19(17)21/h3-6,11-13H,7-10,14H2,1-2H3. The predicted molar refractivity (Wildman–Crippen MR) is 117 cm³/mol. The number of hydrogen-bond acceptors (Lipinski definition) is 5. The highest BCUT2D eigenvalue weighted by molar-refractivity contribution is 7.89. The number of sulfonamides is 1. The summed E-state index contributed by atoms with van der Waals surface area (Å²) in [6, 6.07) is 12.0. The third kappa shape index (κ3) is 4.16. The van der Waals surface area contributed by atoms with E-state index in [9.17, 15) is 13.2 Å². The molecule has 2 aromatic carbocycles. The van der Waals surface area contributed by atoms with Crippen molar-refractivity contribution >= 4 is 32.6 Å². The number of hydrogen-bond donors (Lipinski definition) is 0. The van der Waals surface area contributed by atoms with Gasteiger partial charge in [0.15, 0.2) is 0 Å². The van der Waals surface area contributed by atoms with Crippen molar-refractivity contribution in [2.24, 2.45) is 0 Å². The smallest absolute Gasteiger partial charge is 0.336 e. The summed E-state index contributed by atoms with van der Waals surface area (Å²) < 4.78 is 32.6. The molecular formula is C22H23ClN2O4S. The zero-order valence-electron chi connectivity index (χ0n) is 16.9. The van der Waals surface area contributed by atoms with Crippen molar-refractivity contribution in [3.05, 3.63) is 74.6 Å². The second-order valence-corrected chi connectivity index (χ2v) is 10.0. The summed E-state index contributed by atoms with van der Waals surface area (Å²) in [6.45, 7) is 6.27. The zero-order valence-corrected chi connectivity index (χ0v) is 18.5. The van der Waals surface area contributed by atoms with Crippen molar-refractivity contribution in [1.29, 1.82) is 0 Å². The summed E-state index contributed by atoms with van der Waals surface area (Å²) >= 11 is 6.27. The van der Waals surface area contributed by atoms with Crippen molar-refractivity contribution in [3.8, 4) is 0 Å². The number of nitrogens with zero attached hydrogens (tertiary/aromatic N) is 2. The Morgan fingerprint density at radius 3 is 2.33 bits per heavy atom. The van der Waals surface area contributed by atoms with Gasteiger partial charge in [0.1, 0.15) is 5.58 Å². The second-order valence-electron chi connectivity index (χ2n) is 7.68. The molecule has 0 atom stereocenters. The minimum atomic E-state index is -3.50. The van der Waals surface area contributed by atoms with Crippen LogP contribution in [0.3, 0.4) is 0 Å². The number of fused-ring (bicyclic) bond motifs is 1. The summed E-state index contributed by atoms with van der Waals surface area (Å²) in [7, 11) is -3.50. The Hall–Kier alpha value is -2.19. The van der Waals surface area contributed by atoms with Crippen molar-refractivity contribution in [3.63, 3.8) is 0 Å². The van der Waals surface area contributed by atoms with Crippen LogP contribution in [0.1, 0.15) is 16.7 Å². The zero-order chi connectivity index (χ0) is 21.5. The molecule has 1 aromatic heterocycles. The molecule has 0 amide bonds. The Morgan fingerprint density at radius 1 is 1.00 bits per heavy atom. The minimum absolute atomic E-state index is 0.318. The van der Waals surface area contributed by atoms with Crippen molar-refractivity contribution in [1.82, 2.24) is 9.21 Å². The Kier molecular flexibility index (Phi) is 5.72. The lowest BCUT2D eigenvalue weighted by Gasteiger charge is -2.34. The Morgan fingerprint density at radius 2 is 1.67 bits per heavy atom. The van der Waals surface area contributed by atoms with Gasteiger partial charge in [-0.2, -0.15) is 4.31 Å². The number of aryl methyl sites for hydroxylation is 2. The van der Waals surface area contributed by atoms with Gasteiger partial charge in [-0.3, -0.25) is 4.90 Å². The van der Waals surface area contributed by atoms with Crippen LogP contribution in [-0.4, -0.2) is 43.8 Å². The van der Waals surface area contributed by atoms with E-state index in [1.54, 1.807) is 18.2 Å². The lowest BCUT2D eigenvalue weighted by molar-refractivity contribution is 0.182. The first kappa shape index (κ1) is 21.1. The molecular weight excluding hydrogens is 424 g/mol. The van der Waals surface area contributed by atoms with E-state index in [1.807, 2.05) is 32.0 Å². The fraction of sp³-hybridized carbons (Fsp3) is 0.318. The fourth-order valence-corrected chi connectivity index (χ4v) is 5.29. The van der Waals surface area contributed by atoms with E-state index >= 15 is 0 Å². The molecule has 1 aliphatic rings. The molecule has 0 unspecified atom stereocenters. The van der Waals surface area contributed by atoms with E-state index in [-0.39, 0.29) is 0 Å². The lowest BCUT2D eigenvalue weighted by Crippen LogP contribution is -2.48. The SMILES string of the molecule is Cc1ccc(S(=O)(=O)N2CCN(Cc3cc(=O)oc4cc(C)c(Cl)cc34)CC2)cc1. The maximum Gasteiger partial charge on any atom is 0.336 e. The topological polar surface area (TPSA) is 70.8 Å². The van der Waals surface area contributed by atoms with Crippen molar-refractivity contribution in [2.75, 3.05) is 26.2 Å². The molecule has 0 N–H and O–H groups in total. The van der Waals surface area contributed by atoms with E-state index in [0.717, 1.165) is 22.1 Å². The van der Waals surface area contributed by atoms with Crippen LogP contribution in [0, 0.1) is 13.8 Å². The Labute approximate surface area is 180 Å². The average Bonchev–Trinajstić information content (AvgIpc) is 2.70. The first-order valence-electron chi connectivity index (χ1n) is 9.76. The highest BCUT2D eigenvalue weighted by Crippen LogP contribution is 2.26. The van der Waals surface area contributed by atoms with Crippen LogP contribution in [0.15, 0.2) is 56.6 Å². The van der Waals surface area contributed by atoms with Gasteiger partial charge < -0.3 is 4.42 Å². The third-order valence-corrected chi connectivity index (χ3v) is 7.81. The van der Waals surface area contributed by atoms with Crippen molar-refractivity contribution < 1.29 is 12.8 Å². The average molecular weight is 447 g/mol. The van der Waals surface area contributed by atoms with Gasteiger partial charge in [-0.15, -0.1) is 0 Å². The van der Waals surface area contributed by atoms with Gasteiger partial charge in [0.25, 0.3) is 0 Å². The number of benzene rings is 2. The monoisotopic (exact) mass is 446 g/mol. The Balaban J connectivity index is 1.51. The summed E-state index contributed by atoms with van der Waals surface area (Å²) in [6.07, 6.45) is 0. The van der Waals surface area contributed by atoms with Gasteiger partial charge in [0, 0.05) is 49.2 Å². The summed E-state index contributed by atoms with van der Waals surface area (Å²) in [5.41, 5.74) is 2.81. The quantitative estimate of drug-likeness (QED) is 0.573. The molecule has 30 heavy (non-hydrogen) atoms. The van der Waals surface area contributed by atoms with Crippen LogP contribution in [0.25, 0.3) is 11.0 Å². The molecule has 1 saturated heterocycles. The number of rotatable bonds is 4. The normalized spacial score (nSPS) is 16.2. The van der Waals surface area contributed by atoms with Gasteiger partial charge in [-0.25, -0.2) is 13.2 Å². The largest absolute Gasteiger partial charge is 0.423 e. The van der Waals surface area contributed by atoms with Gasteiger partial charge in [-0.05, 0) is 49.2 Å². The molecule has 0 spiro atoms. The molecule has 0 aliphatic carbocycles. The first-order valence-corrected chi connectivity index (χ1v) is 11.6. The molecule has 8 heteroatoms. The Bertz CT molecular complexity index is 1240. The van der Waals surface area contributed by atoms with Crippen LogP contribution < -0.4 is 5.63 Å². The summed E-state index contributed by atoms with van der Waals surface area (Å²) in [5, 5.41) is 1.42. The van der Waals surface area contributed by atoms with E-state index in [1.165, 1.54) is 10.4 Å². The van der Waals surface area contributed by atoms with Gasteiger partial charge in [0.05, 0.1) is 4.90 Å². The summed E-state index contributed by atoms with van der Waals surface area (Å²) in [5.74, 6) is 0. The van der Waals surface area contributed by atoms with Crippen LogP contribution in [0.5, 0.6) is 0 Å². The predicted octanol–water partition coefficient (Wildman–Crippen LogP) is 3.57. The summed E-state index contributed by atoms with van der Waals surface area (Å²) in [4.78, 5) is 14.5. The minimum Gasteiger partial charge on any atom is -0.423 e. The maximum absolute atomic E-state index is 12.9. The van der Waals surface area contributed by atoms with E-state index in [2.05, 4.69) is 4.90 Å². The molecule has 6 nitrogen and oxygen atoms in total. The second kappa shape index (κ2) is 8.15. The molecule has 0 radical (unpaired) electrons. The molecule has 0 saturated carbocycles. The van der Waals surface area contributed by atoms with Crippen LogP contribution in [0.2, 0.25) is 5.02 Å². The maximum atomic E-state index is 12.9. The highest BCUT2D eigenvalue weighted by atomic mass is 35.5. The van der Waals surface area contributed by atoms with Crippen LogP contribution in [0.4, 0.5) is 0 Å². The molecule has 2 heterocycles. The molecule has 4 rings (SSSR count). The van der Waals surface area contributed by atoms with Gasteiger partial charge >= 0.3 is 5.63 Å². The van der Waals surface area contributed by atoms with E-state index < -0.39 is 15.6 Å². The lowest BCUT2D eigenvalue weighted by atomic mass is 10.1. The number of piperazine rings is 1. The highest BCUT2D eigenvalue weighted by Gasteiger charge is 2.28. The van der Waals surface area contributed by atoms with E-state index in [4.69, 9.17) is 16.0 Å². The molecule has 1 aliphatic heterocycles. The molecule has 0 bridgehead atoms. The molecule has 158 valence electrons. The van der Waals surface area contributed by atoms with Gasteiger partial charge in [0.2, 0.25) is 10.0 Å². The first-order chi connectivity index (χ1) is 14.2. The number of halogens is 1. The van der Waals surface area contributed by atoms with Crippen LogP contribution in [-0.2, 0) is 16.6 Å². The fourth-order valence-electron chi connectivity index (χ4n) is 3.71. The third-order valence-electron chi connectivity index (χ3n) is 5.49. The van der Waals surface area contributed by atoms with Crippen molar-refractivity contribution in [2.45, 2.75) is 25.3 Å². The molecule has 3 aromatic rings. The molecule has 1 fully saturated rings. The van der Waals surface area contributed by atoms with Crippen LogP contribution >= 0.6 is 11.6 Å².